The summed E-state index contributed by atoms with van der Waals surface area (Å²) in [4.78, 5) is 6.66. The number of ether oxygens (including phenoxy) is 2. The number of allylic oxidation sites excluding steroid dienone is 1. The second-order valence-electron chi connectivity index (χ2n) is 11.0. The molecule has 2 aliphatic heterocycles. The van der Waals surface area contributed by atoms with E-state index in [-0.39, 0.29) is 12.2 Å². The van der Waals surface area contributed by atoms with Gasteiger partial charge in [0.05, 0.1) is 36.9 Å². The molecule has 0 bridgehead atoms. The minimum Gasteiger partial charge on any atom is -0.492 e. The maximum Gasteiger partial charge on any atom is 0.113 e. The average molecular weight is 571 g/mol. The molecular formula is C36H50N4O2. The Labute approximate surface area is 253 Å². The van der Waals surface area contributed by atoms with E-state index in [0.29, 0.717) is 5.56 Å². The summed E-state index contributed by atoms with van der Waals surface area (Å²) in [6.45, 7) is 15.0. The molecule has 3 aromatic rings. The minimum atomic E-state index is 0.146. The Morgan fingerprint density at radius 3 is 2.55 bits per heavy atom. The number of anilines is 1. The van der Waals surface area contributed by atoms with Crippen LogP contribution in [-0.4, -0.2) is 43.9 Å². The van der Waals surface area contributed by atoms with Gasteiger partial charge in [-0.1, -0.05) is 70.7 Å². The van der Waals surface area contributed by atoms with Crippen molar-refractivity contribution in [1.29, 1.82) is 5.26 Å². The average Bonchev–Trinajstić information content (AvgIpc) is 3.04. The van der Waals surface area contributed by atoms with Gasteiger partial charge < -0.3 is 19.7 Å². The highest BCUT2D eigenvalue weighted by Crippen LogP contribution is 2.30. The van der Waals surface area contributed by atoms with Gasteiger partial charge in [-0.25, -0.2) is 0 Å². The van der Waals surface area contributed by atoms with Crippen molar-refractivity contribution >= 4 is 16.6 Å². The maximum absolute atomic E-state index is 9.23. The second kappa shape index (κ2) is 18.2. The highest BCUT2D eigenvalue weighted by atomic mass is 16.5. The summed E-state index contributed by atoms with van der Waals surface area (Å²) in [5.41, 5.74) is 5.24. The first-order valence-electron chi connectivity index (χ1n) is 15.8. The van der Waals surface area contributed by atoms with Gasteiger partial charge in [-0.15, -0.1) is 0 Å². The molecule has 0 saturated carbocycles. The molecule has 2 unspecified atom stereocenters. The van der Waals surface area contributed by atoms with Crippen LogP contribution in [0.5, 0.6) is 0 Å². The predicted molar refractivity (Wildman–Crippen MR) is 175 cm³/mol. The van der Waals surface area contributed by atoms with Crippen molar-refractivity contribution in [1.82, 2.24) is 10.3 Å². The van der Waals surface area contributed by atoms with Gasteiger partial charge in [0.1, 0.15) is 17.9 Å². The summed E-state index contributed by atoms with van der Waals surface area (Å²) in [7, 11) is 0. The van der Waals surface area contributed by atoms with Crippen molar-refractivity contribution in [3.63, 3.8) is 0 Å². The summed E-state index contributed by atoms with van der Waals surface area (Å²) in [6, 6.07) is 18.8. The smallest absolute Gasteiger partial charge is 0.113 e. The van der Waals surface area contributed by atoms with Crippen LogP contribution in [0.25, 0.3) is 10.9 Å². The van der Waals surface area contributed by atoms with Crippen molar-refractivity contribution in [2.24, 2.45) is 0 Å². The van der Waals surface area contributed by atoms with Crippen LogP contribution >= 0.6 is 0 Å². The Hall–Kier alpha value is -3.40. The lowest BCUT2D eigenvalue weighted by atomic mass is 10.0. The van der Waals surface area contributed by atoms with Crippen LogP contribution in [0.15, 0.2) is 66.6 Å². The highest BCUT2D eigenvalue weighted by molar-refractivity contribution is 5.95. The van der Waals surface area contributed by atoms with Crippen molar-refractivity contribution in [2.75, 3.05) is 37.7 Å². The summed E-state index contributed by atoms with van der Waals surface area (Å²) < 4.78 is 11.6. The molecule has 1 aromatic heterocycles. The standard InChI is InChI=1S/C17H17N3O.C14H21NO.C5H12/c1-3-14-11-20(10-12(2)21-14)16-7-6-13(9-18)17-15(16)5-4-8-19-17;1-2-3-5-12-6-4-7-13(10-12)14-11-15-8-9-16-14;1-3-5-4-2/h3-8,12H,10-11H2,1-2H3;4,6-7,10,14-15H,2-3,5,8-9,11H2,1H3;3-5H2,1-2H3/b14-3+;;. The van der Waals surface area contributed by atoms with E-state index in [0.717, 1.165) is 55.1 Å². The summed E-state index contributed by atoms with van der Waals surface area (Å²) in [6.07, 6.45) is 11.9. The number of morpholine rings is 2. The Morgan fingerprint density at radius 1 is 1.07 bits per heavy atom. The van der Waals surface area contributed by atoms with Gasteiger partial charge in [0, 0.05) is 30.4 Å². The fraction of sp³-hybridized carbons (Fsp3) is 0.500. The van der Waals surface area contributed by atoms with E-state index >= 15 is 0 Å². The van der Waals surface area contributed by atoms with Gasteiger partial charge in [0.15, 0.2) is 0 Å². The largest absolute Gasteiger partial charge is 0.492 e. The normalized spacial score (nSPS) is 19.1. The number of aryl methyl sites for hydroxylation is 1. The second-order valence-corrected chi connectivity index (χ2v) is 11.0. The highest BCUT2D eigenvalue weighted by Gasteiger charge is 2.23. The van der Waals surface area contributed by atoms with E-state index in [1.54, 1.807) is 6.20 Å². The molecule has 226 valence electrons. The SMILES string of the molecule is C/C=C1\CN(c2ccc(C#N)c3ncccc23)CC(C)O1.CCCCC.CCCCc1cccc(C2CNCCO2)c1. The summed E-state index contributed by atoms with van der Waals surface area (Å²) in [5, 5.41) is 13.6. The molecule has 2 atom stereocenters. The predicted octanol–water partition coefficient (Wildman–Crippen LogP) is 8.12. The fourth-order valence-electron chi connectivity index (χ4n) is 5.23. The first-order valence-corrected chi connectivity index (χ1v) is 15.8. The number of fused-ring (bicyclic) bond motifs is 1. The molecule has 2 saturated heterocycles. The number of hydrogen-bond acceptors (Lipinski definition) is 6. The number of benzene rings is 2. The summed E-state index contributed by atoms with van der Waals surface area (Å²) >= 11 is 0. The van der Waals surface area contributed by atoms with Gasteiger partial charge in [0.2, 0.25) is 0 Å². The van der Waals surface area contributed by atoms with Crippen LogP contribution in [0.1, 0.15) is 89.5 Å². The zero-order valence-corrected chi connectivity index (χ0v) is 26.4. The van der Waals surface area contributed by atoms with Crippen LogP contribution in [0.3, 0.4) is 0 Å². The molecule has 1 N–H and O–H groups in total. The molecule has 0 aliphatic carbocycles. The van der Waals surface area contributed by atoms with E-state index in [1.165, 1.54) is 49.7 Å². The Balaban J connectivity index is 0.000000204. The van der Waals surface area contributed by atoms with Crippen LogP contribution in [0.4, 0.5) is 5.69 Å². The molecule has 2 fully saturated rings. The number of aromatic nitrogens is 1. The van der Waals surface area contributed by atoms with Gasteiger partial charge in [-0.05, 0) is 68.2 Å². The first-order chi connectivity index (χ1) is 20.5. The monoisotopic (exact) mass is 570 g/mol. The molecule has 0 spiro atoms. The third-order valence-corrected chi connectivity index (χ3v) is 7.48. The molecule has 2 aromatic carbocycles. The third-order valence-electron chi connectivity index (χ3n) is 7.48. The lowest BCUT2D eigenvalue weighted by Crippen LogP contribution is -2.40. The molecule has 6 nitrogen and oxygen atoms in total. The maximum atomic E-state index is 9.23. The van der Waals surface area contributed by atoms with Gasteiger partial charge in [-0.2, -0.15) is 5.26 Å². The zero-order valence-electron chi connectivity index (χ0n) is 26.4. The topological polar surface area (TPSA) is 70.4 Å². The molecular weight excluding hydrogens is 520 g/mol. The van der Waals surface area contributed by atoms with Gasteiger partial charge in [-0.3, -0.25) is 4.98 Å². The Kier molecular flexibility index (Phi) is 14.3. The van der Waals surface area contributed by atoms with E-state index in [9.17, 15) is 5.26 Å². The molecule has 6 heteroatoms. The third kappa shape index (κ3) is 9.86. The summed E-state index contributed by atoms with van der Waals surface area (Å²) in [5.74, 6) is 0.982. The number of nitriles is 1. The lowest BCUT2D eigenvalue weighted by molar-refractivity contribution is 0.0276. The van der Waals surface area contributed by atoms with Crippen molar-refractivity contribution in [3.05, 3.63) is 83.3 Å². The Bertz CT molecular complexity index is 1290. The minimum absolute atomic E-state index is 0.146. The van der Waals surface area contributed by atoms with Crippen LogP contribution < -0.4 is 10.2 Å². The molecule has 0 amide bonds. The van der Waals surface area contributed by atoms with Crippen molar-refractivity contribution in [2.45, 2.75) is 85.4 Å². The number of pyridine rings is 1. The number of nitrogens with one attached hydrogen (secondary N) is 1. The Morgan fingerprint density at radius 2 is 1.88 bits per heavy atom. The van der Waals surface area contributed by atoms with Crippen LogP contribution in [0.2, 0.25) is 0 Å². The number of unbranched alkanes of at least 4 members (excludes halogenated alkanes) is 3. The van der Waals surface area contributed by atoms with Gasteiger partial charge in [0.25, 0.3) is 0 Å². The van der Waals surface area contributed by atoms with Gasteiger partial charge >= 0.3 is 0 Å². The number of nitrogens with zero attached hydrogens (tertiary/aromatic N) is 3. The van der Waals surface area contributed by atoms with Crippen molar-refractivity contribution in [3.8, 4) is 6.07 Å². The lowest BCUT2D eigenvalue weighted by Gasteiger charge is -2.35. The first kappa shape index (κ1) is 33.1. The van der Waals surface area contributed by atoms with E-state index in [2.05, 4.69) is 73.2 Å². The van der Waals surface area contributed by atoms with Crippen molar-refractivity contribution < 1.29 is 9.47 Å². The van der Waals surface area contributed by atoms with E-state index in [4.69, 9.17) is 9.47 Å². The fourth-order valence-corrected chi connectivity index (χ4v) is 5.23. The molecule has 2 aliphatic rings. The molecule has 0 radical (unpaired) electrons. The molecule has 42 heavy (non-hydrogen) atoms. The van der Waals surface area contributed by atoms with Crippen LogP contribution in [-0.2, 0) is 15.9 Å². The van der Waals surface area contributed by atoms with Crippen LogP contribution in [0, 0.1) is 11.3 Å². The number of rotatable bonds is 7. The number of hydrogen-bond donors (Lipinski definition) is 1. The molecule has 3 heterocycles. The van der Waals surface area contributed by atoms with E-state index in [1.807, 2.05) is 37.3 Å². The van der Waals surface area contributed by atoms with E-state index < -0.39 is 0 Å². The molecule has 5 rings (SSSR count). The zero-order chi connectivity index (χ0) is 30.2. The quantitative estimate of drug-likeness (QED) is 0.309.